The minimum absolute atomic E-state index is 0.0302. The van der Waals surface area contributed by atoms with Crippen molar-refractivity contribution in [1.82, 2.24) is 0 Å². The number of hydrogen-bond acceptors (Lipinski definition) is 5. The van der Waals surface area contributed by atoms with E-state index in [-0.39, 0.29) is 12.3 Å². The highest BCUT2D eigenvalue weighted by molar-refractivity contribution is 5.93. The minimum atomic E-state index is -2.15. The molecule has 0 fully saturated rings. The van der Waals surface area contributed by atoms with Gasteiger partial charge in [-0.3, -0.25) is 9.59 Å². The number of Topliss-reactive ketones (excluding diaryl/α,β-unsaturated/α-hetero) is 1. The molecular formula is C21H32O5. The molecule has 0 spiro atoms. The van der Waals surface area contributed by atoms with E-state index in [2.05, 4.69) is 6.58 Å². The highest BCUT2D eigenvalue weighted by Gasteiger charge is 2.45. The van der Waals surface area contributed by atoms with E-state index in [9.17, 15) is 19.8 Å². The lowest BCUT2D eigenvalue weighted by Gasteiger charge is -2.31. The third kappa shape index (κ3) is 5.39. The molecule has 1 heterocycles. The fraction of sp³-hybridized carbons (Fsp3) is 0.619. The number of ketones is 1. The van der Waals surface area contributed by atoms with Crippen LogP contribution in [0, 0.1) is 11.8 Å². The number of carbonyl (C=O) groups is 2. The number of hydrogen-bond donors (Lipinski definition) is 2. The van der Waals surface area contributed by atoms with Gasteiger partial charge in [-0.15, -0.1) is 0 Å². The molecule has 5 heteroatoms. The SMILES string of the molecule is C=C1/C=C(\C)[C@@H](CC)OC(=O)[C@H](C)C(O)(CO)C(=O)C/C(C)=C/[C@@H](C)C1. The molecule has 0 aromatic heterocycles. The molecule has 146 valence electrons. The number of cyclic esters (lactones) is 1. The summed E-state index contributed by atoms with van der Waals surface area (Å²) in [5, 5.41) is 20.3. The molecule has 0 bridgehead atoms. The van der Waals surface area contributed by atoms with Gasteiger partial charge in [0.15, 0.2) is 11.4 Å². The standard InChI is InChI=1S/C21H32O5/c1-7-18-16(5)10-14(3)8-13(2)9-15(4)11-19(23)21(25,12-22)17(6)20(24)26-18/h9-10,13,17-18,22,25H,3,7-8,11-12H2,1-2,4-6H3/b15-9+,16-10+/t13-,17-,18+,21?/m0/s1. The van der Waals surface area contributed by atoms with Crippen LogP contribution in [0.25, 0.3) is 0 Å². The zero-order valence-corrected chi connectivity index (χ0v) is 16.5. The van der Waals surface area contributed by atoms with Gasteiger partial charge in [0.25, 0.3) is 0 Å². The van der Waals surface area contributed by atoms with E-state index in [1.54, 1.807) is 6.92 Å². The summed E-state index contributed by atoms with van der Waals surface area (Å²) < 4.78 is 5.53. The smallest absolute Gasteiger partial charge is 0.312 e. The van der Waals surface area contributed by atoms with Gasteiger partial charge in [-0.2, -0.15) is 0 Å². The summed E-state index contributed by atoms with van der Waals surface area (Å²) in [6.45, 7) is 12.3. The summed E-state index contributed by atoms with van der Waals surface area (Å²) in [6, 6.07) is 0. The Bertz CT molecular complexity index is 616. The number of aliphatic hydroxyl groups excluding tert-OH is 1. The van der Waals surface area contributed by atoms with E-state index in [4.69, 9.17) is 4.74 Å². The first-order chi connectivity index (χ1) is 12.0. The lowest BCUT2D eigenvalue weighted by atomic mass is 9.82. The van der Waals surface area contributed by atoms with Crippen molar-refractivity contribution in [3.05, 3.63) is 35.5 Å². The summed E-state index contributed by atoms with van der Waals surface area (Å²) in [4.78, 5) is 25.1. The van der Waals surface area contributed by atoms with Crippen molar-refractivity contribution < 1.29 is 24.5 Å². The number of aliphatic hydroxyl groups is 2. The van der Waals surface area contributed by atoms with Crippen molar-refractivity contribution in [2.24, 2.45) is 11.8 Å². The number of rotatable bonds is 2. The van der Waals surface area contributed by atoms with Crippen LogP contribution in [-0.2, 0) is 14.3 Å². The number of esters is 1. The van der Waals surface area contributed by atoms with Gasteiger partial charge in [-0.25, -0.2) is 0 Å². The summed E-state index contributed by atoms with van der Waals surface area (Å²) in [5.41, 5.74) is 0.421. The molecule has 0 aromatic rings. The van der Waals surface area contributed by atoms with Crippen LogP contribution in [-0.4, -0.2) is 40.3 Å². The second-order valence-electron chi connectivity index (χ2n) is 7.48. The molecule has 4 atom stereocenters. The van der Waals surface area contributed by atoms with Gasteiger partial charge in [0, 0.05) is 6.42 Å². The Morgan fingerprint density at radius 3 is 2.46 bits per heavy atom. The fourth-order valence-corrected chi connectivity index (χ4v) is 3.30. The summed E-state index contributed by atoms with van der Waals surface area (Å²) in [7, 11) is 0. The van der Waals surface area contributed by atoms with Gasteiger partial charge < -0.3 is 14.9 Å². The van der Waals surface area contributed by atoms with Crippen molar-refractivity contribution in [2.45, 2.75) is 65.6 Å². The van der Waals surface area contributed by atoms with Crippen LogP contribution in [0.2, 0.25) is 0 Å². The Morgan fingerprint density at radius 1 is 1.31 bits per heavy atom. The van der Waals surface area contributed by atoms with Crippen molar-refractivity contribution in [2.75, 3.05) is 6.61 Å². The second kappa shape index (κ2) is 9.28. The van der Waals surface area contributed by atoms with Gasteiger partial charge in [0.1, 0.15) is 6.10 Å². The molecule has 5 nitrogen and oxygen atoms in total. The van der Waals surface area contributed by atoms with E-state index in [0.717, 1.165) is 16.7 Å². The quantitative estimate of drug-likeness (QED) is 0.581. The van der Waals surface area contributed by atoms with Crippen LogP contribution >= 0.6 is 0 Å². The number of carbonyl (C=O) groups excluding carboxylic acids is 2. The van der Waals surface area contributed by atoms with Crippen molar-refractivity contribution >= 4 is 11.8 Å². The first kappa shape index (κ1) is 22.3. The molecule has 1 unspecified atom stereocenters. The summed E-state index contributed by atoms with van der Waals surface area (Å²) in [5.74, 6) is -2.28. The zero-order valence-electron chi connectivity index (χ0n) is 16.5. The highest BCUT2D eigenvalue weighted by atomic mass is 16.5. The van der Waals surface area contributed by atoms with Crippen molar-refractivity contribution in [3.8, 4) is 0 Å². The Hall–Kier alpha value is -1.72. The van der Waals surface area contributed by atoms with Crippen LogP contribution in [0.1, 0.15) is 53.9 Å². The van der Waals surface area contributed by atoms with E-state index in [1.165, 1.54) is 6.92 Å². The van der Waals surface area contributed by atoms with Crippen LogP contribution < -0.4 is 0 Å². The van der Waals surface area contributed by atoms with Gasteiger partial charge in [-0.05, 0) is 45.1 Å². The molecule has 0 radical (unpaired) electrons. The molecule has 2 N–H and O–H groups in total. The molecule has 1 rings (SSSR count). The van der Waals surface area contributed by atoms with E-state index < -0.39 is 36.0 Å². The zero-order chi connectivity index (χ0) is 20.1. The first-order valence-electron chi connectivity index (χ1n) is 9.15. The lowest BCUT2D eigenvalue weighted by molar-refractivity contribution is -0.171. The van der Waals surface area contributed by atoms with Crippen LogP contribution in [0.15, 0.2) is 35.5 Å². The van der Waals surface area contributed by atoms with Gasteiger partial charge >= 0.3 is 5.97 Å². The Labute approximate surface area is 156 Å². The average molecular weight is 364 g/mol. The molecular weight excluding hydrogens is 332 g/mol. The Balaban J connectivity index is 3.33. The third-order valence-corrected chi connectivity index (χ3v) is 4.96. The van der Waals surface area contributed by atoms with Gasteiger partial charge in [0.05, 0.1) is 12.5 Å². The van der Waals surface area contributed by atoms with Crippen LogP contribution in [0.5, 0.6) is 0 Å². The first-order valence-corrected chi connectivity index (χ1v) is 9.15. The molecule has 0 saturated heterocycles. The number of allylic oxidation sites excluding steroid dienone is 4. The normalized spacial score (nSPS) is 36.4. The number of ether oxygens (including phenoxy) is 1. The van der Waals surface area contributed by atoms with Crippen LogP contribution in [0.3, 0.4) is 0 Å². The topological polar surface area (TPSA) is 83.8 Å². The maximum atomic E-state index is 12.6. The van der Waals surface area contributed by atoms with Gasteiger partial charge in [-0.1, -0.05) is 43.7 Å². The van der Waals surface area contributed by atoms with E-state index in [1.807, 2.05) is 32.9 Å². The lowest BCUT2D eigenvalue weighted by Crippen LogP contribution is -2.52. The predicted octanol–water partition coefficient (Wildman–Crippen LogP) is 3.12. The maximum Gasteiger partial charge on any atom is 0.312 e. The average Bonchev–Trinajstić information content (AvgIpc) is 2.56. The molecule has 0 amide bonds. The Morgan fingerprint density at radius 2 is 1.92 bits per heavy atom. The van der Waals surface area contributed by atoms with E-state index in [0.29, 0.717) is 12.8 Å². The maximum absolute atomic E-state index is 12.6. The van der Waals surface area contributed by atoms with Crippen molar-refractivity contribution in [3.63, 3.8) is 0 Å². The van der Waals surface area contributed by atoms with Crippen LogP contribution in [0.4, 0.5) is 0 Å². The molecule has 0 aromatic carbocycles. The fourth-order valence-electron chi connectivity index (χ4n) is 3.30. The monoisotopic (exact) mass is 364 g/mol. The second-order valence-corrected chi connectivity index (χ2v) is 7.48. The van der Waals surface area contributed by atoms with E-state index >= 15 is 0 Å². The predicted molar refractivity (Wildman–Crippen MR) is 101 cm³/mol. The Kier molecular flexibility index (Phi) is 7.97. The molecule has 26 heavy (non-hydrogen) atoms. The molecule has 0 aliphatic carbocycles. The van der Waals surface area contributed by atoms with Gasteiger partial charge in [0.2, 0.25) is 0 Å². The molecule has 1 aliphatic heterocycles. The third-order valence-electron chi connectivity index (χ3n) is 4.96. The highest BCUT2D eigenvalue weighted by Crippen LogP contribution is 2.27. The molecule has 1 aliphatic rings. The minimum Gasteiger partial charge on any atom is -0.458 e. The summed E-state index contributed by atoms with van der Waals surface area (Å²) in [6.07, 6.45) is 4.69. The van der Waals surface area contributed by atoms with Crippen molar-refractivity contribution in [1.29, 1.82) is 0 Å². The largest absolute Gasteiger partial charge is 0.458 e. The molecule has 0 saturated carbocycles. The summed E-state index contributed by atoms with van der Waals surface area (Å²) >= 11 is 0.